The Morgan fingerprint density at radius 3 is 2.33 bits per heavy atom. The number of rotatable bonds is 9. The number of benzene rings is 1. The van der Waals surface area contributed by atoms with Gasteiger partial charge in [0.25, 0.3) is 0 Å². The van der Waals surface area contributed by atoms with Crippen LogP contribution in [0.25, 0.3) is 11.3 Å². The molecule has 2 amide bonds. The van der Waals surface area contributed by atoms with Gasteiger partial charge in [0.15, 0.2) is 0 Å². The van der Waals surface area contributed by atoms with Crippen LogP contribution >= 0.6 is 0 Å². The third-order valence-corrected chi connectivity index (χ3v) is 13.4. The van der Waals surface area contributed by atoms with Gasteiger partial charge in [-0.15, -0.1) is 0 Å². The molecular formula is C40H52N6O5. The minimum atomic E-state index is -0.461. The maximum atomic E-state index is 14.7. The number of aliphatic hydroxyl groups is 1. The summed E-state index contributed by atoms with van der Waals surface area (Å²) < 4.78 is 13.4. The number of likely N-dealkylation sites (tertiary alicyclic amines) is 1. The van der Waals surface area contributed by atoms with Crippen molar-refractivity contribution in [2.24, 2.45) is 11.3 Å². The van der Waals surface area contributed by atoms with Crippen molar-refractivity contribution in [3.8, 4) is 17.0 Å². The van der Waals surface area contributed by atoms with Crippen LogP contribution in [-0.2, 0) is 20.5 Å². The van der Waals surface area contributed by atoms with E-state index in [0.29, 0.717) is 51.1 Å². The highest BCUT2D eigenvalue weighted by Gasteiger charge is 2.51. The molecule has 1 N–H and O–H groups in total. The van der Waals surface area contributed by atoms with Crippen molar-refractivity contribution >= 4 is 17.8 Å². The van der Waals surface area contributed by atoms with Gasteiger partial charge in [-0.25, -0.2) is 14.8 Å². The third-order valence-electron chi connectivity index (χ3n) is 13.4. The lowest BCUT2D eigenvalue weighted by Crippen LogP contribution is -2.54. The largest absolute Gasteiger partial charge is 0.496 e. The zero-order chi connectivity index (χ0) is 35.4. The second kappa shape index (κ2) is 13.2. The van der Waals surface area contributed by atoms with Gasteiger partial charge in [-0.05, 0) is 125 Å². The number of methoxy groups -OCH3 is 1. The number of carbonyl (C=O) groups excluding carboxylic acids is 2. The molecule has 11 nitrogen and oxygen atoms in total. The smallest absolute Gasteiger partial charge is 0.410 e. The molecule has 3 aromatic rings. The molecule has 6 fully saturated rings. The van der Waals surface area contributed by atoms with E-state index >= 15 is 0 Å². The van der Waals surface area contributed by atoms with Gasteiger partial charge in [0.05, 0.1) is 43.7 Å². The van der Waals surface area contributed by atoms with Crippen LogP contribution in [0.5, 0.6) is 5.75 Å². The number of fused-ring (bicyclic) bond motifs is 3. The first-order valence-corrected chi connectivity index (χ1v) is 19.1. The monoisotopic (exact) mass is 696 g/mol. The number of aliphatic hydroxyl groups excluding tert-OH is 1. The Balaban J connectivity index is 1.01. The van der Waals surface area contributed by atoms with E-state index in [-0.39, 0.29) is 40.4 Å². The van der Waals surface area contributed by atoms with Crippen molar-refractivity contribution in [3.05, 3.63) is 54.1 Å². The zero-order valence-corrected chi connectivity index (χ0v) is 30.4. The van der Waals surface area contributed by atoms with Crippen LogP contribution in [0.2, 0.25) is 0 Å². The molecule has 51 heavy (non-hydrogen) atoms. The predicted octanol–water partition coefficient (Wildman–Crippen LogP) is 6.55. The number of aromatic nitrogens is 4. The van der Waals surface area contributed by atoms with Gasteiger partial charge in [-0.1, -0.05) is 12.1 Å². The molecule has 2 bridgehead atoms. The fourth-order valence-electron chi connectivity index (χ4n) is 9.54. The molecule has 5 aliphatic carbocycles. The maximum Gasteiger partial charge on any atom is 0.410 e. The number of nitrogens with zero attached hydrogens (tertiary/aromatic N) is 6. The molecule has 1 aromatic carbocycles. The first-order chi connectivity index (χ1) is 24.6. The zero-order valence-electron chi connectivity index (χ0n) is 30.4. The van der Waals surface area contributed by atoms with Crippen molar-refractivity contribution in [2.45, 2.75) is 120 Å². The fraction of sp³-hybridized carbons (Fsp3) is 0.625. The number of amides is 2. The highest BCUT2D eigenvalue weighted by Crippen LogP contribution is 2.58. The topological polar surface area (TPSA) is 123 Å². The van der Waals surface area contributed by atoms with E-state index in [0.717, 1.165) is 68.4 Å². The molecule has 1 aliphatic heterocycles. The van der Waals surface area contributed by atoms with Gasteiger partial charge in [0.2, 0.25) is 5.91 Å². The van der Waals surface area contributed by atoms with E-state index in [2.05, 4.69) is 47.9 Å². The van der Waals surface area contributed by atoms with Crippen LogP contribution in [-0.4, -0.2) is 80.7 Å². The lowest BCUT2D eigenvalue weighted by molar-refractivity contribution is -0.124. The minimum Gasteiger partial charge on any atom is -0.496 e. The van der Waals surface area contributed by atoms with Gasteiger partial charge in [-0.2, -0.15) is 5.10 Å². The van der Waals surface area contributed by atoms with Crippen molar-refractivity contribution < 1.29 is 24.2 Å². The number of aryl methyl sites for hydroxylation is 1. The molecule has 9 rings (SSSR count). The summed E-state index contributed by atoms with van der Waals surface area (Å²) in [7, 11) is 1.73. The molecule has 0 unspecified atom stereocenters. The van der Waals surface area contributed by atoms with Gasteiger partial charge in [0, 0.05) is 30.3 Å². The molecule has 3 heterocycles. The van der Waals surface area contributed by atoms with E-state index in [1.54, 1.807) is 13.4 Å². The average Bonchev–Trinajstić information content (AvgIpc) is 3.63. The van der Waals surface area contributed by atoms with Gasteiger partial charge in [-0.3, -0.25) is 14.4 Å². The molecule has 0 spiro atoms. The normalized spacial score (nSPS) is 28.4. The van der Waals surface area contributed by atoms with Crippen LogP contribution in [0, 0.1) is 18.3 Å². The Kier molecular flexibility index (Phi) is 8.83. The summed E-state index contributed by atoms with van der Waals surface area (Å²) >= 11 is 0. The van der Waals surface area contributed by atoms with E-state index in [1.165, 1.54) is 22.4 Å². The van der Waals surface area contributed by atoms with Gasteiger partial charge in [0.1, 0.15) is 24.0 Å². The maximum absolute atomic E-state index is 14.7. The molecule has 272 valence electrons. The summed E-state index contributed by atoms with van der Waals surface area (Å²) in [6, 6.07) is 8.67. The SMILES string of the molecule is COc1ccc(C23CCC(CN(C(=O)C4CCC(OC(=O)N5CC(O)C5)CC4)c4cc(-c5cnn(C6(C)CCC6)c5)ncn4)(CC2)CC3)cc1C. The third kappa shape index (κ3) is 6.40. The molecule has 2 aromatic heterocycles. The molecule has 0 radical (unpaired) electrons. The number of hydrogen-bond acceptors (Lipinski definition) is 8. The highest BCUT2D eigenvalue weighted by molar-refractivity contribution is 5.94. The molecular weight excluding hydrogens is 644 g/mol. The van der Waals surface area contributed by atoms with Crippen molar-refractivity contribution in [1.29, 1.82) is 0 Å². The van der Waals surface area contributed by atoms with Crippen LogP contribution in [0.1, 0.15) is 102 Å². The second-order valence-corrected chi connectivity index (χ2v) is 16.6. The fourth-order valence-corrected chi connectivity index (χ4v) is 9.54. The molecule has 0 atom stereocenters. The Morgan fingerprint density at radius 2 is 1.71 bits per heavy atom. The second-order valence-electron chi connectivity index (χ2n) is 16.6. The predicted molar refractivity (Wildman–Crippen MR) is 192 cm³/mol. The standard InChI is InChI=1S/C40H52N6O5/c1-27-19-30(7-10-34(27)50-3)40-16-13-39(14-17-40,15-18-40)25-45(36(48)28-5-8-32(9-6-28)51-37(49)44-23-31(47)24-44)35-20-33(41-26-42-35)29-21-43-46(22-29)38(2)11-4-12-38/h7,10,19-22,26,28,31-32,47H,4-6,8-9,11-18,23-25H2,1-3H3. The molecule has 6 aliphatic rings. The summed E-state index contributed by atoms with van der Waals surface area (Å²) in [6.45, 7) is 5.67. The lowest BCUT2D eigenvalue weighted by Gasteiger charge is -2.55. The van der Waals surface area contributed by atoms with Crippen LogP contribution in [0.3, 0.4) is 0 Å². The Labute approximate surface area is 300 Å². The summed E-state index contributed by atoms with van der Waals surface area (Å²) in [6.07, 6.45) is 17.1. The Bertz CT molecular complexity index is 1750. The van der Waals surface area contributed by atoms with Crippen LogP contribution < -0.4 is 9.64 Å². The summed E-state index contributed by atoms with van der Waals surface area (Å²) in [5.41, 5.74) is 4.57. The Morgan fingerprint density at radius 1 is 0.980 bits per heavy atom. The van der Waals surface area contributed by atoms with Gasteiger partial charge >= 0.3 is 6.09 Å². The first-order valence-electron chi connectivity index (χ1n) is 19.1. The van der Waals surface area contributed by atoms with E-state index < -0.39 is 6.10 Å². The molecule has 11 heteroatoms. The number of hydrogen-bond donors (Lipinski definition) is 1. The summed E-state index contributed by atoms with van der Waals surface area (Å²) in [5.74, 6) is 1.52. The highest BCUT2D eigenvalue weighted by atomic mass is 16.6. The first kappa shape index (κ1) is 34.1. The van der Waals surface area contributed by atoms with Crippen LogP contribution in [0.4, 0.5) is 10.6 Å². The Hall–Kier alpha value is -3.99. The van der Waals surface area contributed by atoms with E-state index in [4.69, 9.17) is 19.6 Å². The summed E-state index contributed by atoms with van der Waals surface area (Å²) in [4.78, 5) is 40.1. The number of β-amino-alcohol motifs (C(OH)–C–C–N with tert-alkyl or cyclic N) is 1. The molecule has 5 saturated carbocycles. The van der Waals surface area contributed by atoms with Crippen LogP contribution in [0.15, 0.2) is 43.0 Å². The summed E-state index contributed by atoms with van der Waals surface area (Å²) in [5, 5.41) is 14.3. The van der Waals surface area contributed by atoms with Crippen molar-refractivity contribution in [3.63, 3.8) is 0 Å². The van der Waals surface area contributed by atoms with E-state index in [9.17, 15) is 14.7 Å². The lowest BCUT2D eigenvalue weighted by atomic mass is 9.51. The molecule has 1 saturated heterocycles. The van der Waals surface area contributed by atoms with Gasteiger partial charge < -0.3 is 19.5 Å². The van der Waals surface area contributed by atoms with E-state index in [1.807, 2.05) is 17.2 Å². The quantitative estimate of drug-likeness (QED) is 0.267. The van der Waals surface area contributed by atoms with Crippen molar-refractivity contribution in [2.75, 3.05) is 31.6 Å². The number of ether oxygens (including phenoxy) is 2. The minimum absolute atomic E-state index is 0.0300. The van der Waals surface area contributed by atoms with Crippen molar-refractivity contribution in [1.82, 2.24) is 24.6 Å². The number of carbonyl (C=O) groups is 2. The average molecular weight is 697 g/mol. The number of anilines is 1.